The lowest BCUT2D eigenvalue weighted by Gasteiger charge is -2.12. The average Bonchev–Trinajstić information content (AvgIpc) is 2.56. The molecule has 8 heteroatoms. The average molecular weight is 378 g/mol. The van der Waals surface area contributed by atoms with Gasteiger partial charge in [0.1, 0.15) is 11.6 Å². The first kappa shape index (κ1) is 19.6. The summed E-state index contributed by atoms with van der Waals surface area (Å²) in [6.07, 6.45) is 0. The second kappa shape index (κ2) is 9.10. The van der Waals surface area contributed by atoms with Gasteiger partial charge in [-0.15, -0.1) is 0 Å². The van der Waals surface area contributed by atoms with Crippen LogP contribution in [0.5, 0.6) is 0 Å². The molecule has 0 aliphatic carbocycles. The minimum absolute atomic E-state index is 0.0536. The molecule has 2 aromatic carbocycles. The van der Waals surface area contributed by atoms with Gasteiger partial charge in [-0.25, -0.2) is 13.6 Å². The molecular weight excluding hydrogens is 358 g/mol. The number of carbonyl (C=O) groups is 1. The van der Waals surface area contributed by atoms with Crippen molar-refractivity contribution in [3.8, 4) is 0 Å². The van der Waals surface area contributed by atoms with Gasteiger partial charge in [0.25, 0.3) is 0 Å². The second-order valence-corrected chi connectivity index (χ2v) is 6.29. The molecule has 2 rings (SSSR count). The predicted molar refractivity (Wildman–Crippen MR) is 103 cm³/mol. The van der Waals surface area contributed by atoms with E-state index in [0.717, 1.165) is 17.7 Å². The number of hydrogen-bond acceptors (Lipinski definition) is 2. The molecule has 0 aliphatic heterocycles. The van der Waals surface area contributed by atoms with Gasteiger partial charge in [0, 0.05) is 24.3 Å². The van der Waals surface area contributed by atoms with E-state index < -0.39 is 11.6 Å². The number of hydrogen-bond donors (Lipinski definition) is 4. The van der Waals surface area contributed by atoms with Gasteiger partial charge in [-0.3, -0.25) is 0 Å². The summed E-state index contributed by atoms with van der Waals surface area (Å²) in [6, 6.07) is 10.2. The van der Waals surface area contributed by atoms with E-state index in [0.29, 0.717) is 12.2 Å². The third-order valence-corrected chi connectivity index (χ3v) is 3.51. The van der Waals surface area contributed by atoms with E-state index in [1.165, 1.54) is 6.07 Å². The molecule has 138 valence electrons. The van der Waals surface area contributed by atoms with Gasteiger partial charge in [0.2, 0.25) is 0 Å². The molecule has 2 aromatic rings. The number of amides is 2. The van der Waals surface area contributed by atoms with Crippen molar-refractivity contribution in [2.24, 2.45) is 0 Å². The summed E-state index contributed by atoms with van der Waals surface area (Å²) in [5, 5.41) is 11.3. The Bertz CT molecular complexity index is 781. The van der Waals surface area contributed by atoms with Crippen LogP contribution in [0.15, 0.2) is 42.5 Å². The first-order valence-electron chi connectivity index (χ1n) is 8.00. The number of rotatable bonds is 5. The molecular formula is C18H20F2N4OS. The Morgan fingerprint density at radius 1 is 1.08 bits per heavy atom. The lowest BCUT2D eigenvalue weighted by atomic mass is 10.2. The van der Waals surface area contributed by atoms with Gasteiger partial charge in [0.15, 0.2) is 5.11 Å². The number of thiocarbonyl (C=S) groups is 1. The van der Waals surface area contributed by atoms with Crippen LogP contribution in [0.2, 0.25) is 0 Å². The number of nitrogens with one attached hydrogen (secondary N) is 4. The number of carbonyl (C=O) groups excluding carboxylic acids is 1. The van der Waals surface area contributed by atoms with E-state index in [9.17, 15) is 13.6 Å². The standard InChI is InChI=1S/C18H20F2N4OS/c1-11(2)22-17(25)23-14-6-3-12(4-7-14)10-21-18(26)24-16-8-5-13(19)9-15(16)20/h3-9,11H,10H2,1-2H3,(H2,21,24,26)(H2,22,23,25). The smallest absolute Gasteiger partial charge is 0.319 e. The molecule has 0 aliphatic rings. The van der Waals surface area contributed by atoms with Crippen molar-refractivity contribution < 1.29 is 13.6 Å². The fraction of sp³-hybridized carbons (Fsp3) is 0.222. The van der Waals surface area contributed by atoms with E-state index in [1.807, 2.05) is 26.0 Å². The molecule has 0 saturated heterocycles. The normalized spacial score (nSPS) is 10.3. The van der Waals surface area contributed by atoms with Crippen LogP contribution in [-0.2, 0) is 6.54 Å². The maximum absolute atomic E-state index is 13.6. The number of benzene rings is 2. The largest absolute Gasteiger partial charge is 0.358 e. The van der Waals surface area contributed by atoms with Gasteiger partial charge < -0.3 is 21.3 Å². The van der Waals surface area contributed by atoms with Gasteiger partial charge >= 0.3 is 6.03 Å². The number of urea groups is 1. The molecule has 2 amide bonds. The van der Waals surface area contributed by atoms with Crippen molar-refractivity contribution in [2.45, 2.75) is 26.4 Å². The number of anilines is 2. The van der Waals surface area contributed by atoms with Crippen molar-refractivity contribution in [1.29, 1.82) is 0 Å². The zero-order valence-electron chi connectivity index (χ0n) is 14.4. The van der Waals surface area contributed by atoms with Gasteiger partial charge in [-0.1, -0.05) is 12.1 Å². The summed E-state index contributed by atoms with van der Waals surface area (Å²) in [5.74, 6) is -1.37. The summed E-state index contributed by atoms with van der Waals surface area (Å²) in [7, 11) is 0. The third kappa shape index (κ3) is 6.29. The first-order valence-corrected chi connectivity index (χ1v) is 8.40. The van der Waals surface area contributed by atoms with Crippen molar-refractivity contribution in [2.75, 3.05) is 10.6 Å². The van der Waals surface area contributed by atoms with Crippen molar-refractivity contribution in [1.82, 2.24) is 10.6 Å². The SMILES string of the molecule is CC(C)NC(=O)Nc1ccc(CNC(=S)Nc2ccc(F)cc2F)cc1. The van der Waals surface area contributed by atoms with Gasteiger partial charge in [-0.05, 0) is 55.9 Å². The zero-order valence-corrected chi connectivity index (χ0v) is 15.2. The van der Waals surface area contributed by atoms with Crippen LogP contribution < -0.4 is 21.3 Å². The maximum atomic E-state index is 13.6. The summed E-state index contributed by atoms with van der Waals surface area (Å²) in [6.45, 7) is 4.17. The molecule has 0 spiro atoms. The molecule has 0 unspecified atom stereocenters. The zero-order chi connectivity index (χ0) is 19.1. The van der Waals surface area contributed by atoms with E-state index in [2.05, 4.69) is 21.3 Å². The van der Waals surface area contributed by atoms with Crippen molar-refractivity contribution >= 4 is 34.7 Å². The van der Waals surface area contributed by atoms with Crippen LogP contribution in [0.25, 0.3) is 0 Å². The molecule has 0 saturated carbocycles. The predicted octanol–water partition coefficient (Wildman–Crippen LogP) is 3.98. The molecule has 4 N–H and O–H groups in total. The summed E-state index contributed by atoms with van der Waals surface area (Å²) in [5.41, 5.74) is 1.68. The van der Waals surface area contributed by atoms with Gasteiger partial charge in [0.05, 0.1) is 5.69 Å². The molecule has 26 heavy (non-hydrogen) atoms. The monoisotopic (exact) mass is 378 g/mol. The highest BCUT2D eigenvalue weighted by atomic mass is 32.1. The Balaban J connectivity index is 1.83. The Morgan fingerprint density at radius 3 is 2.38 bits per heavy atom. The summed E-state index contributed by atoms with van der Waals surface area (Å²) >= 11 is 5.10. The highest BCUT2D eigenvalue weighted by Gasteiger charge is 2.06. The van der Waals surface area contributed by atoms with Gasteiger partial charge in [-0.2, -0.15) is 0 Å². The van der Waals surface area contributed by atoms with Crippen LogP contribution >= 0.6 is 12.2 Å². The fourth-order valence-electron chi connectivity index (χ4n) is 2.07. The molecule has 0 heterocycles. The highest BCUT2D eigenvalue weighted by molar-refractivity contribution is 7.80. The Morgan fingerprint density at radius 2 is 1.77 bits per heavy atom. The van der Waals surface area contributed by atoms with E-state index in [4.69, 9.17) is 12.2 Å². The molecule has 0 atom stereocenters. The van der Waals surface area contributed by atoms with E-state index in [-0.39, 0.29) is 22.9 Å². The summed E-state index contributed by atoms with van der Waals surface area (Å²) in [4.78, 5) is 11.6. The maximum Gasteiger partial charge on any atom is 0.319 e. The Labute approximate surface area is 156 Å². The molecule has 5 nitrogen and oxygen atoms in total. The quantitative estimate of drug-likeness (QED) is 0.594. The van der Waals surface area contributed by atoms with E-state index >= 15 is 0 Å². The Kier molecular flexibility index (Phi) is 6.85. The first-order chi connectivity index (χ1) is 12.3. The topological polar surface area (TPSA) is 65.2 Å². The van der Waals surface area contributed by atoms with Crippen LogP contribution in [0.3, 0.4) is 0 Å². The van der Waals surface area contributed by atoms with E-state index in [1.54, 1.807) is 12.1 Å². The summed E-state index contributed by atoms with van der Waals surface area (Å²) < 4.78 is 26.5. The van der Waals surface area contributed by atoms with Crippen LogP contribution in [0.1, 0.15) is 19.4 Å². The molecule has 0 bridgehead atoms. The number of halogens is 2. The van der Waals surface area contributed by atoms with Crippen molar-refractivity contribution in [3.63, 3.8) is 0 Å². The molecule has 0 aromatic heterocycles. The minimum atomic E-state index is -0.718. The van der Waals surface area contributed by atoms with Crippen LogP contribution in [0.4, 0.5) is 25.0 Å². The molecule has 0 fully saturated rings. The molecule has 0 radical (unpaired) electrons. The third-order valence-electron chi connectivity index (χ3n) is 3.26. The van der Waals surface area contributed by atoms with Crippen LogP contribution in [-0.4, -0.2) is 17.2 Å². The van der Waals surface area contributed by atoms with Crippen molar-refractivity contribution in [3.05, 3.63) is 59.7 Å². The highest BCUT2D eigenvalue weighted by Crippen LogP contribution is 2.15. The second-order valence-electron chi connectivity index (χ2n) is 5.88. The van der Waals surface area contributed by atoms with Crippen LogP contribution in [0, 0.1) is 11.6 Å². The minimum Gasteiger partial charge on any atom is -0.358 e. The lowest BCUT2D eigenvalue weighted by Crippen LogP contribution is -2.34. The fourth-order valence-corrected chi connectivity index (χ4v) is 2.26. The lowest BCUT2D eigenvalue weighted by molar-refractivity contribution is 0.250. The Hall–Kier alpha value is -2.74.